The van der Waals surface area contributed by atoms with Crippen LogP contribution in [0.3, 0.4) is 0 Å². The molecule has 47 heavy (non-hydrogen) atoms. The number of Topliss-reactive ketones (excluding diaryl/α,β-unsaturated/α-hetero) is 1. The molecule has 0 atom stereocenters. The van der Waals surface area contributed by atoms with Crippen LogP contribution in [-0.2, 0) is 14.3 Å². The molecule has 0 unspecified atom stereocenters. The van der Waals surface area contributed by atoms with Gasteiger partial charge in [0.25, 0.3) is 0 Å². The summed E-state index contributed by atoms with van der Waals surface area (Å²) in [7, 11) is 0. The van der Waals surface area contributed by atoms with Crippen LogP contribution in [0.1, 0.15) is 264 Å². The number of ether oxygens (including phenoxy) is 1. The lowest BCUT2D eigenvalue weighted by Gasteiger charge is -2.06. The van der Waals surface area contributed by atoms with E-state index >= 15 is 0 Å². The molecule has 0 saturated carbocycles. The predicted molar refractivity (Wildman–Crippen MR) is 207 cm³/mol. The second-order valence-electron chi connectivity index (χ2n) is 15.1. The van der Waals surface area contributed by atoms with Crippen LogP contribution in [0.4, 0.5) is 0 Å². The first-order valence-electron chi connectivity index (χ1n) is 21.9. The summed E-state index contributed by atoms with van der Waals surface area (Å²) in [6.45, 7) is 4.56. The second-order valence-corrected chi connectivity index (χ2v) is 15.1. The molecule has 0 amide bonds. The molecule has 3 nitrogen and oxygen atoms in total. The molecular weight excluding hydrogens is 576 g/mol. The van der Waals surface area contributed by atoms with Crippen molar-refractivity contribution in [2.75, 3.05) is 6.61 Å². The molecule has 0 heterocycles. The molecule has 0 radical (unpaired) electrons. The minimum Gasteiger partial charge on any atom is -0.458 e. The Bertz CT molecular complexity index is 615. The van der Waals surface area contributed by atoms with Crippen molar-refractivity contribution in [3.63, 3.8) is 0 Å². The van der Waals surface area contributed by atoms with Crippen LogP contribution in [0.15, 0.2) is 0 Å². The molecule has 0 aliphatic heterocycles. The van der Waals surface area contributed by atoms with Gasteiger partial charge < -0.3 is 4.74 Å². The Balaban J connectivity index is 3.25. The summed E-state index contributed by atoms with van der Waals surface area (Å²) < 4.78 is 5.24. The molecule has 0 fully saturated rings. The first kappa shape index (κ1) is 46.1. The van der Waals surface area contributed by atoms with Crippen LogP contribution >= 0.6 is 0 Å². The summed E-state index contributed by atoms with van der Waals surface area (Å²) in [5.74, 6) is -0.105. The molecule has 0 saturated heterocycles. The summed E-state index contributed by atoms with van der Waals surface area (Å²) in [5.41, 5.74) is 0. The van der Waals surface area contributed by atoms with Crippen LogP contribution in [0.25, 0.3) is 0 Å². The van der Waals surface area contributed by atoms with Crippen molar-refractivity contribution in [2.45, 2.75) is 264 Å². The normalized spacial score (nSPS) is 11.4. The van der Waals surface area contributed by atoms with Gasteiger partial charge in [-0.2, -0.15) is 0 Å². The fraction of sp³-hybridized carbons (Fsp3) is 0.955. The maximum Gasteiger partial charge on any atom is 0.306 e. The molecule has 0 N–H and O–H groups in total. The lowest BCUT2D eigenvalue weighted by molar-refractivity contribution is -0.148. The van der Waals surface area contributed by atoms with Gasteiger partial charge in [-0.3, -0.25) is 9.59 Å². The highest BCUT2D eigenvalue weighted by Gasteiger charge is 2.08. The number of unbranched alkanes of at least 4 members (excludes halogenated alkanes) is 35. The third-order valence-electron chi connectivity index (χ3n) is 10.2. The van der Waals surface area contributed by atoms with E-state index in [0.717, 1.165) is 25.7 Å². The second kappa shape index (κ2) is 41.3. The van der Waals surface area contributed by atoms with E-state index in [1.807, 2.05) is 0 Å². The van der Waals surface area contributed by atoms with E-state index in [-0.39, 0.29) is 18.4 Å². The third-order valence-corrected chi connectivity index (χ3v) is 10.2. The molecule has 0 spiro atoms. The maximum absolute atomic E-state index is 12.1. The summed E-state index contributed by atoms with van der Waals surface area (Å²) in [6.07, 6.45) is 51.0. The van der Waals surface area contributed by atoms with Crippen molar-refractivity contribution < 1.29 is 14.3 Å². The largest absolute Gasteiger partial charge is 0.458 e. The van der Waals surface area contributed by atoms with E-state index < -0.39 is 0 Å². The van der Waals surface area contributed by atoms with Crippen LogP contribution in [0.5, 0.6) is 0 Å². The van der Waals surface area contributed by atoms with Crippen molar-refractivity contribution in [2.24, 2.45) is 0 Å². The van der Waals surface area contributed by atoms with Gasteiger partial charge in [-0.1, -0.05) is 239 Å². The number of hydrogen-bond donors (Lipinski definition) is 0. The number of esters is 1. The fourth-order valence-corrected chi connectivity index (χ4v) is 6.88. The average molecular weight is 663 g/mol. The Kier molecular flexibility index (Phi) is 40.6. The van der Waals surface area contributed by atoms with Crippen molar-refractivity contribution in [3.8, 4) is 0 Å². The van der Waals surface area contributed by atoms with E-state index in [1.54, 1.807) is 0 Å². The molecule has 280 valence electrons. The van der Waals surface area contributed by atoms with Gasteiger partial charge >= 0.3 is 5.97 Å². The quantitative estimate of drug-likeness (QED) is 0.0483. The van der Waals surface area contributed by atoms with Gasteiger partial charge in [-0.05, 0) is 12.8 Å². The lowest BCUT2D eigenvalue weighted by atomic mass is 10.0. The third kappa shape index (κ3) is 41.2. The Morgan fingerprint density at radius 2 is 0.511 bits per heavy atom. The van der Waals surface area contributed by atoms with Crippen LogP contribution in [0.2, 0.25) is 0 Å². The highest BCUT2D eigenvalue weighted by molar-refractivity contribution is 5.82. The van der Waals surface area contributed by atoms with E-state index in [0.29, 0.717) is 12.8 Å². The Morgan fingerprint density at radius 1 is 0.298 bits per heavy atom. The average Bonchev–Trinajstić information content (AvgIpc) is 3.07. The van der Waals surface area contributed by atoms with Gasteiger partial charge in [0, 0.05) is 12.8 Å². The summed E-state index contributed by atoms with van der Waals surface area (Å²) in [6, 6.07) is 0. The predicted octanol–water partition coefficient (Wildman–Crippen LogP) is 15.4. The zero-order valence-electron chi connectivity index (χ0n) is 32.5. The Hall–Kier alpha value is -0.860. The number of rotatable bonds is 41. The summed E-state index contributed by atoms with van der Waals surface area (Å²) in [5, 5.41) is 0. The molecule has 3 heteroatoms. The monoisotopic (exact) mass is 663 g/mol. The standard InChI is InChI=1S/C44H86O3/c1-3-5-7-9-11-13-15-17-19-21-23-25-27-29-31-33-35-37-39-41-44(46)47-42-43(45)40-38-36-34-32-30-28-26-24-22-20-18-16-14-12-10-8-6-4-2/h3-42H2,1-2H3. The fourth-order valence-electron chi connectivity index (χ4n) is 6.88. The van der Waals surface area contributed by atoms with Gasteiger partial charge in [-0.15, -0.1) is 0 Å². The molecule has 0 aliphatic rings. The van der Waals surface area contributed by atoms with E-state index in [4.69, 9.17) is 4.74 Å². The number of hydrogen-bond acceptors (Lipinski definition) is 3. The van der Waals surface area contributed by atoms with E-state index in [9.17, 15) is 9.59 Å². The zero-order chi connectivity index (χ0) is 34.1. The highest BCUT2D eigenvalue weighted by atomic mass is 16.5. The van der Waals surface area contributed by atoms with Gasteiger partial charge in [0.15, 0.2) is 5.78 Å². The van der Waals surface area contributed by atoms with Crippen LogP contribution in [-0.4, -0.2) is 18.4 Å². The van der Waals surface area contributed by atoms with Crippen LogP contribution < -0.4 is 0 Å². The molecule has 0 aromatic carbocycles. The Labute approximate surface area is 296 Å². The zero-order valence-corrected chi connectivity index (χ0v) is 32.5. The number of carbonyl (C=O) groups excluding carboxylic acids is 2. The Morgan fingerprint density at radius 3 is 0.766 bits per heavy atom. The van der Waals surface area contributed by atoms with Gasteiger partial charge in [0.05, 0.1) is 0 Å². The molecule has 0 aromatic rings. The smallest absolute Gasteiger partial charge is 0.306 e. The highest BCUT2D eigenvalue weighted by Crippen LogP contribution is 2.16. The molecular formula is C44H86O3. The SMILES string of the molecule is CCCCCCCCCCCCCCCCCCCCCC(=O)OCC(=O)CCCCCCCCCCCCCCCCCCCC. The van der Waals surface area contributed by atoms with Gasteiger partial charge in [-0.25, -0.2) is 0 Å². The van der Waals surface area contributed by atoms with Crippen molar-refractivity contribution >= 4 is 11.8 Å². The minimum atomic E-state index is -0.192. The first-order chi connectivity index (χ1) is 23.2. The number of carbonyl (C=O) groups is 2. The molecule has 0 bridgehead atoms. The van der Waals surface area contributed by atoms with Crippen molar-refractivity contribution in [3.05, 3.63) is 0 Å². The van der Waals surface area contributed by atoms with Crippen molar-refractivity contribution in [1.29, 1.82) is 0 Å². The van der Waals surface area contributed by atoms with E-state index in [1.165, 1.54) is 212 Å². The maximum atomic E-state index is 12.1. The lowest BCUT2D eigenvalue weighted by Crippen LogP contribution is -2.13. The summed E-state index contributed by atoms with van der Waals surface area (Å²) >= 11 is 0. The summed E-state index contributed by atoms with van der Waals surface area (Å²) in [4.78, 5) is 24.1. The molecule has 0 aromatic heterocycles. The minimum absolute atomic E-state index is 0.0169. The van der Waals surface area contributed by atoms with Crippen LogP contribution in [0, 0.1) is 0 Å². The topological polar surface area (TPSA) is 43.4 Å². The van der Waals surface area contributed by atoms with E-state index in [2.05, 4.69) is 13.8 Å². The van der Waals surface area contributed by atoms with Gasteiger partial charge in [0.2, 0.25) is 0 Å². The molecule has 0 aliphatic carbocycles. The van der Waals surface area contributed by atoms with Crippen molar-refractivity contribution in [1.82, 2.24) is 0 Å². The molecule has 0 rings (SSSR count). The van der Waals surface area contributed by atoms with Gasteiger partial charge in [0.1, 0.15) is 6.61 Å². The number of ketones is 1. The first-order valence-corrected chi connectivity index (χ1v) is 21.9.